The Bertz CT molecular complexity index is 1080. The molecule has 1 fully saturated rings. The van der Waals surface area contributed by atoms with Crippen LogP contribution >= 0.6 is 11.3 Å². The number of methoxy groups -OCH3 is 3. The van der Waals surface area contributed by atoms with E-state index in [2.05, 4.69) is 21.2 Å². The van der Waals surface area contributed by atoms with E-state index in [0.29, 0.717) is 23.6 Å². The van der Waals surface area contributed by atoms with Gasteiger partial charge in [0.1, 0.15) is 11.3 Å². The first kappa shape index (κ1) is 22.2. The van der Waals surface area contributed by atoms with E-state index >= 15 is 0 Å². The summed E-state index contributed by atoms with van der Waals surface area (Å²) < 4.78 is 17.2. The predicted molar refractivity (Wildman–Crippen MR) is 127 cm³/mol. The maximum atomic E-state index is 12.6. The average molecular weight is 457 g/mol. The number of nitrogens with zero attached hydrogens (tertiary/aromatic N) is 3. The van der Waals surface area contributed by atoms with Gasteiger partial charge >= 0.3 is 0 Å². The van der Waals surface area contributed by atoms with E-state index in [1.54, 1.807) is 43.8 Å². The third kappa shape index (κ3) is 4.58. The van der Waals surface area contributed by atoms with Gasteiger partial charge in [0, 0.05) is 39.3 Å². The summed E-state index contributed by atoms with van der Waals surface area (Å²) in [5, 5.41) is 4.02. The van der Waals surface area contributed by atoms with Gasteiger partial charge in [-0.2, -0.15) is 0 Å². The molecule has 0 bridgehead atoms. The molecular weight excluding hydrogens is 428 g/mol. The van der Waals surface area contributed by atoms with Crippen LogP contribution < -0.4 is 24.4 Å². The van der Waals surface area contributed by atoms with Gasteiger partial charge in [0.2, 0.25) is 0 Å². The summed E-state index contributed by atoms with van der Waals surface area (Å²) in [7, 11) is 4.77. The van der Waals surface area contributed by atoms with E-state index in [-0.39, 0.29) is 5.91 Å². The normalized spacial score (nSPS) is 14.4. The number of fused-ring (bicyclic) bond motifs is 1. The van der Waals surface area contributed by atoms with Gasteiger partial charge in [0.25, 0.3) is 5.91 Å². The highest BCUT2D eigenvalue weighted by Gasteiger charge is 2.21. The highest BCUT2D eigenvalue weighted by molar-refractivity contribution is 7.22. The van der Waals surface area contributed by atoms with Gasteiger partial charge in [0.05, 0.1) is 31.6 Å². The van der Waals surface area contributed by atoms with Crippen LogP contribution in [-0.4, -0.2) is 76.4 Å². The van der Waals surface area contributed by atoms with Gasteiger partial charge in [-0.25, -0.2) is 4.98 Å². The summed E-state index contributed by atoms with van der Waals surface area (Å²) in [5.74, 6) is 1.65. The number of rotatable bonds is 8. The standard InChI is InChI=1S/C23H28N4O4S/c1-29-17-7-5-9-19-20(17)25-23(32-19)27-14-12-26(13-15-27)11-10-24-22(28)16-6-4-8-18(30-2)21(16)31-3/h4-9H,10-15H2,1-3H3,(H,24,28). The molecule has 1 amide bonds. The van der Waals surface area contributed by atoms with Crippen molar-refractivity contribution in [2.24, 2.45) is 0 Å². The van der Waals surface area contributed by atoms with E-state index in [9.17, 15) is 4.79 Å². The molecule has 32 heavy (non-hydrogen) atoms. The van der Waals surface area contributed by atoms with Crippen molar-refractivity contribution in [3.8, 4) is 17.2 Å². The predicted octanol–water partition coefficient (Wildman–Crippen LogP) is 2.87. The van der Waals surface area contributed by atoms with Crippen molar-refractivity contribution in [2.75, 3.05) is 65.5 Å². The molecule has 1 aliphatic heterocycles. The van der Waals surface area contributed by atoms with E-state index < -0.39 is 0 Å². The fraction of sp³-hybridized carbons (Fsp3) is 0.391. The van der Waals surface area contributed by atoms with Crippen LogP contribution in [0.15, 0.2) is 36.4 Å². The first-order chi connectivity index (χ1) is 15.6. The lowest BCUT2D eigenvalue weighted by atomic mass is 10.1. The van der Waals surface area contributed by atoms with Crippen LogP contribution in [0.4, 0.5) is 5.13 Å². The van der Waals surface area contributed by atoms with Gasteiger partial charge in [-0.15, -0.1) is 0 Å². The van der Waals surface area contributed by atoms with Crippen LogP contribution in [0.5, 0.6) is 17.2 Å². The van der Waals surface area contributed by atoms with E-state index in [1.807, 2.05) is 12.1 Å². The summed E-state index contributed by atoms with van der Waals surface area (Å²) in [6.07, 6.45) is 0. The molecule has 1 N–H and O–H groups in total. The lowest BCUT2D eigenvalue weighted by Crippen LogP contribution is -2.48. The number of hydrogen-bond donors (Lipinski definition) is 1. The largest absolute Gasteiger partial charge is 0.494 e. The number of anilines is 1. The molecule has 3 aromatic rings. The van der Waals surface area contributed by atoms with Crippen molar-refractivity contribution in [3.05, 3.63) is 42.0 Å². The lowest BCUT2D eigenvalue weighted by molar-refractivity contribution is 0.0944. The highest BCUT2D eigenvalue weighted by Crippen LogP contribution is 2.34. The number of para-hydroxylation sites is 2. The second-order valence-corrected chi connectivity index (χ2v) is 8.44. The Hall–Kier alpha value is -3.04. The number of benzene rings is 2. The summed E-state index contributed by atoms with van der Waals surface area (Å²) in [6.45, 7) is 5.01. The maximum absolute atomic E-state index is 12.6. The number of piperazine rings is 1. The summed E-state index contributed by atoms with van der Waals surface area (Å²) in [6, 6.07) is 11.3. The van der Waals surface area contributed by atoms with Crippen LogP contribution in [0.3, 0.4) is 0 Å². The van der Waals surface area contributed by atoms with Crippen molar-refractivity contribution in [1.29, 1.82) is 0 Å². The highest BCUT2D eigenvalue weighted by atomic mass is 32.1. The molecule has 170 valence electrons. The maximum Gasteiger partial charge on any atom is 0.255 e. The molecule has 4 rings (SSSR count). The van der Waals surface area contributed by atoms with Crippen LogP contribution in [0.1, 0.15) is 10.4 Å². The third-order valence-electron chi connectivity index (χ3n) is 5.59. The van der Waals surface area contributed by atoms with Crippen molar-refractivity contribution in [3.63, 3.8) is 0 Å². The zero-order valence-corrected chi connectivity index (χ0v) is 19.4. The Morgan fingerprint density at radius 2 is 1.72 bits per heavy atom. The Morgan fingerprint density at radius 1 is 1.00 bits per heavy atom. The minimum absolute atomic E-state index is 0.164. The Morgan fingerprint density at radius 3 is 2.44 bits per heavy atom. The molecule has 0 radical (unpaired) electrons. The van der Waals surface area contributed by atoms with Crippen molar-refractivity contribution in [2.45, 2.75) is 0 Å². The van der Waals surface area contributed by atoms with Gasteiger partial charge in [-0.05, 0) is 24.3 Å². The van der Waals surface area contributed by atoms with Crippen LogP contribution in [0.25, 0.3) is 10.2 Å². The Kier molecular flexibility index (Phi) is 6.96. The number of nitrogens with one attached hydrogen (secondary N) is 1. The molecule has 0 unspecified atom stereocenters. The SMILES string of the molecule is COc1cccc(C(=O)NCCN2CCN(c3nc4c(OC)cccc4s3)CC2)c1OC. The average Bonchev–Trinajstić information content (AvgIpc) is 3.28. The molecule has 0 spiro atoms. The van der Waals surface area contributed by atoms with Crippen molar-refractivity contribution in [1.82, 2.24) is 15.2 Å². The first-order valence-corrected chi connectivity index (χ1v) is 11.4. The molecule has 2 aromatic carbocycles. The van der Waals surface area contributed by atoms with Crippen LogP contribution in [-0.2, 0) is 0 Å². The first-order valence-electron chi connectivity index (χ1n) is 10.5. The molecule has 0 atom stereocenters. The van der Waals surface area contributed by atoms with Gasteiger partial charge < -0.3 is 24.4 Å². The summed E-state index contributed by atoms with van der Waals surface area (Å²) >= 11 is 1.70. The van der Waals surface area contributed by atoms with Gasteiger partial charge in [-0.3, -0.25) is 9.69 Å². The zero-order chi connectivity index (χ0) is 22.5. The Balaban J connectivity index is 1.28. The van der Waals surface area contributed by atoms with E-state index in [1.165, 1.54) is 7.11 Å². The zero-order valence-electron chi connectivity index (χ0n) is 18.6. The van der Waals surface area contributed by atoms with Gasteiger partial charge in [0.15, 0.2) is 16.6 Å². The molecule has 0 saturated carbocycles. The second-order valence-electron chi connectivity index (χ2n) is 7.43. The number of carbonyl (C=O) groups excluding carboxylic acids is 1. The molecule has 2 heterocycles. The minimum Gasteiger partial charge on any atom is -0.494 e. The molecule has 1 saturated heterocycles. The third-order valence-corrected chi connectivity index (χ3v) is 6.68. The van der Waals surface area contributed by atoms with Gasteiger partial charge in [-0.1, -0.05) is 23.5 Å². The van der Waals surface area contributed by atoms with Crippen LogP contribution in [0.2, 0.25) is 0 Å². The second kappa shape index (κ2) is 10.1. The fourth-order valence-corrected chi connectivity index (χ4v) is 4.90. The summed E-state index contributed by atoms with van der Waals surface area (Å²) in [4.78, 5) is 22.1. The number of aromatic nitrogens is 1. The molecular formula is C23H28N4O4S. The molecule has 0 aliphatic carbocycles. The van der Waals surface area contributed by atoms with Crippen LogP contribution in [0, 0.1) is 0 Å². The minimum atomic E-state index is -0.164. The smallest absolute Gasteiger partial charge is 0.255 e. The number of carbonyl (C=O) groups is 1. The van der Waals surface area contributed by atoms with E-state index in [4.69, 9.17) is 19.2 Å². The lowest BCUT2D eigenvalue weighted by Gasteiger charge is -2.34. The number of thiazole rings is 1. The summed E-state index contributed by atoms with van der Waals surface area (Å²) in [5.41, 5.74) is 1.40. The number of ether oxygens (including phenoxy) is 3. The monoisotopic (exact) mass is 456 g/mol. The van der Waals surface area contributed by atoms with Crippen molar-refractivity contribution < 1.29 is 19.0 Å². The van der Waals surface area contributed by atoms with E-state index in [0.717, 1.165) is 53.8 Å². The fourth-order valence-electron chi connectivity index (χ4n) is 3.86. The molecule has 1 aromatic heterocycles. The number of hydrogen-bond acceptors (Lipinski definition) is 8. The topological polar surface area (TPSA) is 76.2 Å². The number of amides is 1. The van der Waals surface area contributed by atoms with Crippen molar-refractivity contribution >= 4 is 32.6 Å². The quantitative estimate of drug-likeness (QED) is 0.559. The molecule has 9 heteroatoms. The molecule has 1 aliphatic rings. The Labute approximate surface area is 191 Å². The molecule has 8 nitrogen and oxygen atoms in total.